The molecule has 2 rings (SSSR count). The number of pyridine rings is 1. The lowest BCUT2D eigenvalue weighted by Gasteiger charge is -2.12. The van der Waals surface area contributed by atoms with Crippen molar-refractivity contribution < 1.29 is 9.53 Å². The third-order valence-electron chi connectivity index (χ3n) is 2.72. The summed E-state index contributed by atoms with van der Waals surface area (Å²) in [5.74, 6) is -0.369. The summed E-state index contributed by atoms with van der Waals surface area (Å²) >= 11 is 6.08. The van der Waals surface area contributed by atoms with Crippen molar-refractivity contribution in [1.29, 1.82) is 0 Å². The Labute approximate surface area is 110 Å². The van der Waals surface area contributed by atoms with Crippen molar-refractivity contribution in [2.75, 3.05) is 7.11 Å². The van der Waals surface area contributed by atoms with Crippen molar-refractivity contribution in [3.8, 4) is 0 Å². The summed E-state index contributed by atoms with van der Waals surface area (Å²) in [5, 5.41) is 1.27. The van der Waals surface area contributed by atoms with E-state index in [2.05, 4.69) is 9.72 Å². The molecule has 0 aliphatic heterocycles. The standard InChI is InChI=1S/C13H13ClN2O2/c1-18-12(17)7-10(15)9-6-8-4-2-3-5-11(8)16-13(9)14/h2-6,10H,7,15H2,1H3/t10-/m0/s1. The molecule has 0 fully saturated rings. The highest BCUT2D eigenvalue weighted by Crippen LogP contribution is 2.26. The highest BCUT2D eigenvalue weighted by atomic mass is 35.5. The largest absolute Gasteiger partial charge is 0.469 e. The molecule has 0 saturated heterocycles. The van der Waals surface area contributed by atoms with Gasteiger partial charge in [0, 0.05) is 17.0 Å². The van der Waals surface area contributed by atoms with Crippen molar-refractivity contribution >= 4 is 28.5 Å². The van der Waals surface area contributed by atoms with Gasteiger partial charge in [-0.25, -0.2) is 4.98 Å². The van der Waals surface area contributed by atoms with Crippen LogP contribution >= 0.6 is 11.6 Å². The Morgan fingerprint density at radius 2 is 2.22 bits per heavy atom. The summed E-state index contributed by atoms with van der Waals surface area (Å²) in [4.78, 5) is 15.5. The summed E-state index contributed by atoms with van der Waals surface area (Å²) in [6.07, 6.45) is 0.0796. The van der Waals surface area contributed by atoms with Crippen LogP contribution in [-0.2, 0) is 9.53 Å². The lowest BCUT2D eigenvalue weighted by Crippen LogP contribution is -2.17. The molecule has 0 amide bonds. The first-order valence-electron chi connectivity index (χ1n) is 5.49. The van der Waals surface area contributed by atoms with E-state index in [1.165, 1.54) is 7.11 Å². The van der Waals surface area contributed by atoms with Gasteiger partial charge in [-0.3, -0.25) is 4.79 Å². The molecule has 94 valence electrons. The zero-order chi connectivity index (χ0) is 13.1. The maximum Gasteiger partial charge on any atom is 0.307 e. The molecule has 1 aromatic heterocycles. The zero-order valence-electron chi connectivity index (χ0n) is 9.89. The van der Waals surface area contributed by atoms with Gasteiger partial charge in [-0.2, -0.15) is 0 Å². The van der Waals surface area contributed by atoms with E-state index in [0.717, 1.165) is 10.9 Å². The van der Waals surface area contributed by atoms with E-state index in [1.807, 2.05) is 30.3 Å². The maximum absolute atomic E-state index is 11.2. The minimum absolute atomic E-state index is 0.0796. The Balaban J connectivity index is 2.38. The number of carbonyl (C=O) groups is 1. The molecule has 0 aliphatic rings. The Bertz CT molecular complexity index is 586. The molecule has 1 atom stereocenters. The average molecular weight is 265 g/mol. The second kappa shape index (κ2) is 5.33. The number of ether oxygens (including phenoxy) is 1. The molecule has 1 heterocycles. The molecule has 0 bridgehead atoms. The minimum atomic E-state index is -0.512. The normalized spacial score (nSPS) is 12.4. The van der Waals surface area contributed by atoms with E-state index in [4.69, 9.17) is 17.3 Å². The van der Waals surface area contributed by atoms with Gasteiger partial charge in [0.1, 0.15) is 5.15 Å². The van der Waals surface area contributed by atoms with Crippen LogP contribution < -0.4 is 5.73 Å². The molecule has 4 nitrogen and oxygen atoms in total. The van der Waals surface area contributed by atoms with Gasteiger partial charge in [-0.1, -0.05) is 29.8 Å². The first kappa shape index (κ1) is 12.8. The number of para-hydroxylation sites is 1. The van der Waals surface area contributed by atoms with E-state index in [0.29, 0.717) is 10.7 Å². The molecule has 0 spiro atoms. The van der Waals surface area contributed by atoms with Crippen molar-refractivity contribution in [3.05, 3.63) is 41.0 Å². The fourth-order valence-electron chi connectivity index (χ4n) is 1.74. The Morgan fingerprint density at radius 3 is 2.94 bits per heavy atom. The number of methoxy groups -OCH3 is 1. The van der Waals surface area contributed by atoms with Crippen LogP contribution in [0.1, 0.15) is 18.0 Å². The number of aromatic nitrogens is 1. The molecule has 2 N–H and O–H groups in total. The van der Waals surface area contributed by atoms with Crippen LogP contribution in [0.2, 0.25) is 5.15 Å². The first-order chi connectivity index (χ1) is 8.61. The fraction of sp³-hybridized carbons (Fsp3) is 0.231. The second-order valence-electron chi connectivity index (χ2n) is 3.95. The van der Waals surface area contributed by atoms with Crippen LogP contribution in [0, 0.1) is 0 Å². The van der Waals surface area contributed by atoms with Crippen LogP contribution in [0.15, 0.2) is 30.3 Å². The molecular weight excluding hydrogens is 252 g/mol. The van der Waals surface area contributed by atoms with Crippen LogP contribution in [0.4, 0.5) is 0 Å². The monoisotopic (exact) mass is 264 g/mol. The van der Waals surface area contributed by atoms with E-state index in [-0.39, 0.29) is 12.4 Å². The van der Waals surface area contributed by atoms with Gasteiger partial charge in [0.15, 0.2) is 0 Å². The highest BCUT2D eigenvalue weighted by molar-refractivity contribution is 6.30. The summed E-state index contributed by atoms with van der Waals surface area (Å²) < 4.78 is 4.59. The summed E-state index contributed by atoms with van der Waals surface area (Å²) in [6, 6.07) is 8.94. The van der Waals surface area contributed by atoms with Crippen LogP contribution in [0.3, 0.4) is 0 Å². The molecule has 5 heteroatoms. The lowest BCUT2D eigenvalue weighted by atomic mass is 10.0. The lowest BCUT2D eigenvalue weighted by molar-refractivity contribution is -0.141. The van der Waals surface area contributed by atoms with Crippen molar-refractivity contribution in [2.45, 2.75) is 12.5 Å². The predicted molar refractivity (Wildman–Crippen MR) is 70.3 cm³/mol. The third kappa shape index (κ3) is 2.60. The molecule has 0 saturated carbocycles. The summed E-state index contributed by atoms with van der Waals surface area (Å²) in [5.41, 5.74) is 7.39. The number of nitrogens with two attached hydrogens (primary N) is 1. The van der Waals surface area contributed by atoms with Crippen molar-refractivity contribution in [1.82, 2.24) is 4.98 Å². The number of rotatable bonds is 3. The van der Waals surface area contributed by atoms with Crippen LogP contribution in [-0.4, -0.2) is 18.1 Å². The molecule has 2 aromatic rings. The average Bonchev–Trinajstić information content (AvgIpc) is 2.37. The van der Waals surface area contributed by atoms with Gasteiger partial charge in [0.05, 0.1) is 19.0 Å². The van der Waals surface area contributed by atoms with Crippen molar-refractivity contribution in [3.63, 3.8) is 0 Å². The van der Waals surface area contributed by atoms with Gasteiger partial charge in [0.2, 0.25) is 0 Å². The number of carbonyl (C=O) groups excluding carboxylic acids is 1. The van der Waals surface area contributed by atoms with E-state index < -0.39 is 6.04 Å². The number of fused-ring (bicyclic) bond motifs is 1. The van der Waals surface area contributed by atoms with Gasteiger partial charge >= 0.3 is 5.97 Å². The maximum atomic E-state index is 11.2. The van der Waals surface area contributed by atoms with Gasteiger partial charge < -0.3 is 10.5 Å². The van der Waals surface area contributed by atoms with Gasteiger partial charge in [-0.15, -0.1) is 0 Å². The highest BCUT2D eigenvalue weighted by Gasteiger charge is 2.16. The Morgan fingerprint density at radius 1 is 1.50 bits per heavy atom. The SMILES string of the molecule is COC(=O)C[C@H](N)c1cc2ccccc2nc1Cl. The predicted octanol–water partition coefficient (Wildman–Crippen LogP) is 2.45. The Kier molecular flexibility index (Phi) is 3.79. The molecule has 0 radical (unpaired) electrons. The number of hydrogen-bond donors (Lipinski definition) is 1. The van der Waals surface area contributed by atoms with E-state index in [9.17, 15) is 4.79 Å². The minimum Gasteiger partial charge on any atom is -0.469 e. The summed E-state index contributed by atoms with van der Waals surface area (Å²) in [7, 11) is 1.33. The zero-order valence-corrected chi connectivity index (χ0v) is 10.6. The van der Waals surface area contributed by atoms with Crippen LogP contribution in [0.5, 0.6) is 0 Å². The molecule has 0 unspecified atom stereocenters. The van der Waals surface area contributed by atoms with E-state index >= 15 is 0 Å². The number of halogens is 1. The van der Waals surface area contributed by atoms with E-state index in [1.54, 1.807) is 0 Å². The van der Waals surface area contributed by atoms with Gasteiger partial charge in [-0.05, 0) is 12.1 Å². The first-order valence-corrected chi connectivity index (χ1v) is 5.87. The number of nitrogens with zero attached hydrogens (tertiary/aromatic N) is 1. The molecule has 0 aliphatic carbocycles. The molecule has 1 aromatic carbocycles. The smallest absolute Gasteiger partial charge is 0.307 e. The fourth-order valence-corrected chi connectivity index (χ4v) is 2.03. The molecular formula is C13H13ClN2O2. The second-order valence-corrected chi connectivity index (χ2v) is 4.31. The topological polar surface area (TPSA) is 65.2 Å². The quantitative estimate of drug-likeness (QED) is 0.683. The third-order valence-corrected chi connectivity index (χ3v) is 3.02. The van der Waals surface area contributed by atoms with Crippen LogP contribution in [0.25, 0.3) is 10.9 Å². The van der Waals surface area contributed by atoms with Gasteiger partial charge in [0.25, 0.3) is 0 Å². The summed E-state index contributed by atoms with van der Waals surface area (Å²) in [6.45, 7) is 0. The van der Waals surface area contributed by atoms with Crippen molar-refractivity contribution in [2.24, 2.45) is 5.73 Å². The number of esters is 1. The Hall–Kier alpha value is -1.65. The molecule has 18 heavy (non-hydrogen) atoms. The number of benzene rings is 1. The number of hydrogen-bond acceptors (Lipinski definition) is 4.